The summed E-state index contributed by atoms with van der Waals surface area (Å²) in [6.07, 6.45) is 3.83. The molecule has 3 aromatic carbocycles. The summed E-state index contributed by atoms with van der Waals surface area (Å²) >= 11 is 0. The number of ether oxygens (including phenoxy) is 3. The predicted octanol–water partition coefficient (Wildman–Crippen LogP) is 6.69. The molecule has 2 saturated heterocycles. The van der Waals surface area contributed by atoms with Crippen LogP contribution in [0.15, 0.2) is 71.1 Å². The van der Waals surface area contributed by atoms with Crippen molar-refractivity contribution in [3.05, 3.63) is 101 Å². The maximum absolute atomic E-state index is 14.8. The van der Waals surface area contributed by atoms with Gasteiger partial charge in [-0.3, -0.25) is 4.79 Å². The third-order valence-electron chi connectivity index (χ3n) is 11.1. The highest BCUT2D eigenvalue weighted by atomic mass is 19.2. The van der Waals surface area contributed by atoms with E-state index in [-0.39, 0.29) is 18.6 Å². The Bertz CT molecular complexity index is 2020. The second-order valence-electron chi connectivity index (χ2n) is 14.2. The van der Waals surface area contributed by atoms with Crippen LogP contribution in [-0.4, -0.2) is 90.9 Å². The van der Waals surface area contributed by atoms with E-state index in [0.29, 0.717) is 66.6 Å². The number of anilines is 1. The molecule has 1 unspecified atom stereocenters. The zero-order valence-corrected chi connectivity index (χ0v) is 30.9. The third kappa shape index (κ3) is 7.60. The van der Waals surface area contributed by atoms with E-state index in [9.17, 15) is 18.7 Å². The van der Waals surface area contributed by atoms with Gasteiger partial charge in [-0.1, -0.05) is 18.2 Å². The predicted molar refractivity (Wildman–Crippen MR) is 200 cm³/mol. The van der Waals surface area contributed by atoms with Crippen LogP contribution in [0.4, 0.5) is 14.7 Å². The molecule has 286 valence electrons. The van der Waals surface area contributed by atoms with Crippen LogP contribution in [0, 0.1) is 11.6 Å². The zero-order valence-electron chi connectivity index (χ0n) is 30.9. The molecule has 7 rings (SSSR count). The van der Waals surface area contributed by atoms with Crippen LogP contribution in [0.3, 0.4) is 0 Å². The third-order valence-corrected chi connectivity index (χ3v) is 11.1. The molecule has 2 aromatic heterocycles. The van der Waals surface area contributed by atoms with Gasteiger partial charge in [0.25, 0.3) is 5.91 Å². The summed E-state index contributed by atoms with van der Waals surface area (Å²) in [6, 6.07) is 19.3. The molecular weight excluding hydrogens is 696 g/mol. The van der Waals surface area contributed by atoms with E-state index in [1.165, 1.54) is 33.5 Å². The Morgan fingerprint density at radius 1 is 0.963 bits per heavy atom. The molecule has 5 aromatic rings. The summed E-state index contributed by atoms with van der Waals surface area (Å²) in [7, 11) is 4.52. The number of aliphatic hydroxyl groups excluding tert-OH is 1. The van der Waals surface area contributed by atoms with Crippen molar-refractivity contribution in [2.75, 3.05) is 59.0 Å². The van der Waals surface area contributed by atoms with Crippen LogP contribution < -0.4 is 19.1 Å². The minimum absolute atomic E-state index is 0.161. The van der Waals surface area contributed by atoms with E-state index in [1.807, 2.05) is 30.3 Å². The number of aliphatic hydroxyl groups is 1. The number of piperidine rings is 2. The van der Waals surface area contributed by atoms with Crippen molar-refractivity contribution in [2.45, 2.75) is 56.7 Å². The van der Waals surface area contributed by atoms with Crippen molar-refractivity contribution in [1.29, 1.82) is 0 Å². The first-order chi connectivity index (χ1) is 26.2. The average molecular weight is 744 g/mol. The number of likely N-dealkylation sites (tertiary alicyclic amines) is 2. The molecule has 2 aliphatic rings. The fraction of sp³-hybridized carbons (Fsp3) is 0.415. The van der Waals surface area contributed by atoms with Gasteiger partial charge in [0.15, 0.2) is 23.1 Å². The lowest BCUT2D eigenvalue weighted by molar-refractivity contribution is 0.0605. The van der Waals surface area contributed by atoms with Crippen LogP contribution in [0.5, 0.6) is 17.2 Å². The molecule has 4 heterocycles. The van der Waals surface area contributed by atoms with Crippen molar-refractivity contribution >= 4 is 22.9 Å². The molecule has 0 aliphatic carbocycles. The topological polar surface area (TPSA) is 117 Å². The van der Waals surface area contributed by atoms with Gasteiger partial charge < -0.3 is 43.4 Å². The van der Waals surface area contributed by atoms with Gasteiger partial charge in [0.1, 0.15) is 18.1 Å². The maximum Gasteiger partial charge on any atom is 0.254 e. The molecule has 2 aliphatic heterocycles. The second-order valence-corrected chi connectivity index (χ2v) is 14.2. The van der Waals surface area contributed by atoms with E-state index in [4.69, 9.17) is 23.6 Å². The molecule has 2 fully saturated rings. The molecule has 54 heavy (non-hydrogen) atoms. The van der Waals surface area contributed by atoms with E-state index in [2.05, 4.69) is 14.8 Å². The van der Waals surface area contributed by atoms with Gasteiger partial charge in [-0.15, -0.1) is 0 Å². The zero-order chi connectivity index (χ0) is 37.8. The SMILES string of the molecule is COc1cc(C(=O)N2CCCC(CCN3CCC(N(Cc4ccc(CO)o4)c4nc5ccccc5[nH]4)CC3)(c3ccc(F)c(F)c3)C2)cc(OC)c1OC. The van der Waals surface area contributed by atoms with Gasteiger partial charge in [-0.2, -0.15) is 0 Å². The second kappa shape index (κ2) is 16.1. The van der Waals surface area contributed by atoms with Gasteiger partial charge in [0, 0.05) is 43.2 Å². The number of furan rings is 1. The molecule has 0 saturated carbocycles. The fourth-order valence-electron chi connectivity index (χ4n) is 8.14. The lowest BCUT2D eigenvalue weighted by Crippen LogP contribution is -2.51. The van der Waals surface area contributed by atoms with Gasteiger partial charge in [0.05, 0.1) is 38.9 Å². The van der Waals surface area contributed by atoms with Crippen molar-refractivity contribution in [3.8, 4) is 17.2 Å². The highest BCUT2D eigenvalue weighted by molar-refractivity contribution is 5.96. The number of nitrogens with one attached hydrogen (secondary N) is 1. The summed E-state index contributed by atoms with van der Waals surface area (Å²) in [6.45, 7) is 3.58. The Morgan fingerprint density at radius 2 is 1.70 bits per heavy atom. The number of carbonyl (C=O) groups is 1. The van der Waals surface area contributed by atoms with Crippen LogP contribution in [-0.2, 0) is 18.6 Å². The molecule has 0 bridgehead atoms. The number of hydrogen-bond acceptors (Lipinski definition) is 9. The minimum atomic E-state index is -0.895. The number of hydrogen-bond donors (Lipinski definition) is 2. The van der Waals surface area contributed by atoms with Gasteiger partial charge in [0.2, 0.25) is 11.7 Å². The number of aromatic amines is 1. The van der Waals surface area contributed by atoms with E-state index >= 15 is 0 Å². The first-order valence-corrected chi connectivity index (χ1v) is 18.4. The molecule has 11 nitrogen and oxygen atoms in total. The number of amides is 1. The summed E-state index contributed by atoms with van der Waals surface area (Å²) in [5, 5.41) is 9.59. The Balaban J connectivity index is 1.09. The fourth-order valence-corrected chi connectivity index (χ4v) is 8.14. The highest BCUT2D eigenvalue weighted by Crippen LogP contribution is 2.41. The first kappa shape index (κ1) is 37.2. The van der Waals surface area contributed by atoms with E-state index < -0.39 is 17.0 Å². The summed E-state index contributed by atoms with van der Waals surface area (Å²) in [4.78, 5) is 29.0. The lowest BCUT2D eigenvalue weighted by atomic mass is 9.71. The first-order valence-electron chi connectivity index (χ1n) is 18.4. The number of fused-ring (bicyclic) bond motifs is 1. The number of methoxy groups -OCH3 is 3. The van der Waals surface area contributed by atoms with E-state index in [1.54, 1.807) is 29.2 Å². The van der Waals surface area contributed by atoms with Gasteiger partial charge in [-0.25, -0.2) is 13.8 Å². The highest BCUT2D eigenvalue weighted by Gasteiger charge is 2.40. The summed E-state index contributed by atoms with van der Waals surface area (Å²) < 4.78 is 51.4. The monoisotopic (exact) mass is 743 g/mol. The quantitative estimate of drug-likeness (QED) is 0.136. The average Bonchev–Trinajstić information content (AvgIpc) is 3.86. The minimum Gasteiger partial charge on any atom is -0.493 e. The smallest absolute Gasteiger partial charge is 0.254 e. The number of benzene rings is 3. The molecule has 2 N–H and O–H groups in total. The van der Waals surface area contributed by atoms with Crippen molar-refractivity contribution in [1.82, 2.24) is 19.8 Å². The summed E-state index contributed by atoms with van der Waals surface area (Å²) in [5.74, 6) is 1.21. The number of halogens is 2. The van der Waals surface area contributed by atoms with Gasteiger partial charge in [-0.05, 0) is 92.7 Å². The molecule has 13 heteroatoms. The lowest BCUT2D eigenvalue weighted by Gasteiger charge is -2.45. The molecule has 0 radical (unpaired) electrons. The van der Waals surface area contributed by atoms with Crippen LogP contribution >= 0.6 is 0 Å². The standard InChI is InChI=1S/C41H47F2N5O6/c1-51-36-21-27(22-37(52-2)38(36)53-3)39(50)47-17-6-15-41(26-47,28-9-12-32(42)33(43)23-28)16-20-46-18-13-29(14-19-46)48(24-30-10-11-31(25-49)54-30)40-44-34-7-4-5-8-35(34)45-40/h4-5,7-12,21-23,29,49H,6,13-20,24-26H2,1-3H3,(H,44,45). The Hall–Kier alpha value is -5.14. The molecule has 1 atom stereocenters. The van der Waals surface area contributed by atoms with Gasteiger partial charge >= 0.3 is 0 Å². The molecule has 1 amide bonds. The number of para-hydroxylation sites is 2. The van der Waals surface area contributed by atoms with Crippen LogP contribution in [0.2, 0.25) is 0 Å². The number of H-pyrrole nitrogens is 1. The number of rotatable bonds is 13. The Morgan fingerprint density at radius 3 is 2.37 bits per heavy atom. The number of imidazole rings is 1. The number of carbonyl (C=O) groups excluding carboxylic acids is 1. The van der Waals surface area contributed by atoms with Crippen LogP contribution in [0.25, 0.3) is 11.0 Å². The van der Waals surface area contributed by atoms with Crippen LogP contribution in [0.1, 0.15) is 59.5 Å². The van der Waals surface area contributed by atoms with E-state index in [0.717, 1.165) is 61.6 Å². The molecule has 0 spiro atoms. The Labute approximate surface area is 313 Å². The normalized spacial score (nSPS) is 18.2. The van der Waals surface area contributed by atoms with Crippen molar-refractivity contribution in [2.24, 2.45) is 0 Å². The maximum atomic E-state index is 14.8. The Kier molecular flexibility index (Phi) is 11.1. The molecular formula is C41H47F2N5O6. The van der Waals surface area contributed by atoms with Crippen molar-refractivity contribution in [3.63, 3.8) is 0 Å². The largest absolute Gasteiger partial charge is 0.493 e. The van der Waals surface area contributed by atoms with Crippen molar-refractivity contribution < 1.29 is 37.3 Å². The number of nitrogens with zero attached hydrogens (tertiary/aromatic N) is 4. The summed E-state index contributed by atoms with van der Waals surface area (Å²) in [5.41, 5.74) is 2.33. The number of aromatic nitrogens is 2.